The Hall–Kier alpha value is -2.22. The molecule has 1 heterocycles. The minimum Gasteiger partial charge on any atom is -0.496 e. The van der Waals surface area contributed by atoms with Crippen LogP contribution in [0.25, 0.3) is 0 Å². The molecule has 0 bridgehead atoms. The fourth-order valence-electron chi connectivity index (χ4n) is 3.09. The number of halogens is 1. The monoisotopic (exact) mass is 341 g/mol. The number of ether oxygens (including phenoxy) is 1. The molecule has 24 heavy (non-hydrogen) atoms. The summed E-state index contributed by atoms with van der Waals surface area (Å²) in [4.78, 5) is 4.67. The molecule has 2 aromatic carbocycles. The van der Waals surface area contributed by atoms with Gasteiger partial charge in [0, 0.05) is 43.3 Å². The Labute approximate surface area is 147 Å². The van der Waals surface area contributed by atoms with Crippen molar-refractivity contribution < 1.29 is 4.74 Å². The number of nitrogens with zero attached hydrogens (tertiary/aromatic N) is 3. The van der Waals surface area contributed by atoms with Crippen LogP contribution in [0.4, 0.5) is 5.69 Å². The van der Waals surface area contributed by atoms with Gasteiger partial charge in [-0.05, 0) is 24.3 Å². The molecule has 0 atom stereocenters. The van der Waals surface area contributed by atoms with Crippen LogP contribution in [-0.4, -0.2) is 38.2 Å². The normalized spacial score (nSPS) is 15.1. The highest BCUT2D eigenvalue weighted by Crippen LogP contribution is 2.26. The van der Waals surface area contributed by atoms with Gasteiger partial charge in [0.25, 0.3) is 0 Å². The molecule has 0 aliphatic carbocycles. The van der Waals surface area contributed by atoms with Gasteiger partial charge in [-0.2, -0.15) is 5.26 Å². The second-order valence-corrected chi connectivity index (χ2v) is 6.28. The lowest BCUT2D eigenvalue weighted by molar-refractivity contribution is 0.246. The van der Waals surface area contributed by atoms with Crippen LogP contribution in [0.1, 0.15) is 11.1 Å². The first kappa shape index (κ1) is 16.6. The Morgan fingerprint density at radius 3 is 2.58 bits per heavy atom. The summed E-state index contributed by atoms with van der Waals surface area (Å²) in [5.74, 6) is 0.935. The predicted molar refractivity (Wildman–Crippen MR) is 96.7 cm³/mol. The average molecular weight is 342 g/mol. The zero-order valence-corrected chi connectivity index (χ0v) is 14.5. The number of anilines is 1. The third kappa shape index (κ3) is 3.64. The van der Waals surface area contributed by atoms with Crippen molar-refractivity contribution in [1.82, 2.24) is 4.90 Å². The summed E-state index contributed by atoms with van der Waals surface area (Å²) in [7, 11) is 1.71. The zero-order chi connectivity index (χ0) is 16.9. The van der Waals surface area contributed by atoms with Gasteiger partial charge in [-0.1, -0.05) is 29.8 Å². The molecule has 0 radical (unpaired) electrons. The fraction of sp³-hybridized carbons (Fsp3) is 0.316. The summed E-state index contributed by atoms with van der Waals surface area (Å²) in [6, 6.07) is 15.9. The lowest BCUT2D eigenvalue weighted by Crippen LogP contribution is -2.46. The SMILES string of the molecule is COc1ccccc1CN1CCN(c2ccc(Cl)cc2C#N)CC1. The van der Waals surface area contributed by atoms with Crippen LogP contribution in [0.15, 0.2) is 42.5 Å². The Bertz CT molecular complexity index is 749. The van der Waals surface area contributed by atoms with Crippen molar-refractivity contribution >= 4 is 17.3 Å². The molecule has 3 rings (SSSR count). The van der Waals surface area contributed by atoms with Crippen LogP contribution < -0.4 is 9.64 Å². The van der Waals surface area contributed by atoms with Crippen molar-refractivity contribution in [3.63, 3.8) is 0 Å². The average Bonchev–Trinajstić information content (AvgIpc) is 2.63. The highest BCUT2D eigenvalue weighted by Gasteiger charge is 2.20. The summed E-state index contributed by atoms with van der Waals surface area (Å²) in [5.41, 5.74) is 2.82. The van der Waals surface area contributed by atoms with Crippen LogP contribution in [0.3, 0.4) is 0 Å². The summed E-state index contributed by atoms with van der Waals surface area (Å²) in [6.07, 6.45) is 0. The van der Waals surface area contributed by atoms with Crippen molar-refractivity contribution in [1.29, 1.82) is 5.26 Å². The van der Waals surface area contributed by atoms with Gasteiger partial charge >= 0.3 is 0 Å². The van der Waals surface area contributed by atoms with Crippen LogP contribution >= 0.6 is 11.6 Å². The molecule has 0 unspecified atom stereocenters. The van der Waals surface area contributed by atoms with E-state index in [1.807, 2.05) is 30.3 Å². The Morgan fingerprint density at radius 2 is 1.88 bits per heavy atom. The smallest absolute Gasteiger partial charge is 0.123 e. The number of hydrogen-bond acceptors (Lipinski definition) is 4. The van der Waals surface area contributed by atoms with Gasteiger partial charge in [0.1, 0.15) is 11.8 Å². The van der Waals surface area contributed by atoms with Crippen LogP contribution in [-0.2, 0) is 6.54 Å². The minimum atomic E-state index is 0.602. The second kappa shape index (κ2) is 7.57. The van der Waals surface area contributed by atoms with E-state index in [-0.39, 0.29) is 0 Å². The van der Waals surface area contributed by atoms with E-state index < -0.39 is 0 Å². The van der Waals surface area contributed by atoms with Gasteiger partial charge in [-0.15, -0.1) is 0 Å². The van der Waals surface area contributed by atoms with Gasteiger partial charge in [-0.25, -0.2) is 0 Å². The van der Waals surface area contributed by atoms with Crippen molar-refractivity contribution in [2.24, 2.45) is 0 Å². The van der Waals surface area contributed by atoms with Crippen molar-refractivity contribution in [3.05, 3.63) is 58.6 Å². The maximum atomic E-state index is 9.32. The second-order valence-electron chi connectivity index (χ2n) is 5.85. The van der Waals surface area contributed by atoms with E-state index in [0.29, 0.717) is 10.6 Å². The predicted octanol–water partition coefficient (Wildman–Crippen LogP) is 3.54. The molecule has 124 valence electrons. The van der Waals surface area contributed by atoms with Gasteiger partial charge in [-0.3, -0.25) is 4.90 Å². The molecule has 2 aromatic rings. The topological polar surface area (TPSA) is 39.5 Å². The highest BCUT2D eigenvalue weighted by molar-refractivity contribution is 6.30. The zero-order valence-electron chi connectivity index (χ0n) is 13.7. The number of rotatable bonds is 4. The molecular weight excluding hydrogens is 322 g/mol. The quantitative estimate of drug-likeness (QED) is 0.852. The minimum absolute atomic E-state index is 0.602. The van der Waals surface area contributed by atoms with Crippen molar-refractivity contribution in [2.45, 2.75) is 6.54 Å². The molecule has 1 fully saturated rings. The summed E-state index contributed by atoms with van der Waals surface area (Å²) in [5, 5.41) is 9.92. The first-order chi connectivity index (χ1) is 11.7. The number of piperazine rings is 1. The number of hydrogen-bond donors (Lipinski definition) is 0. The lowest BCUT2D eigenvalue weighted by atomic mass is 10.1. The van der Waals surface area contributed by atoms with E-state index >= 15 is 0 Å². The van der Waals surface area contributed by atoms with E-state index in [9.17, 15) is 5.26 Å². The maximum absolute atomic E-state index is 9.32. The molecular formula is C19H20ClN3O. The molecule has 1 aliphatic heterocycles. The third-order valence-electron chi connectivity index (χ3n) is 4.38. The number of benzene rings is 2. The van der Waals surface area contributed by atoms with E-state index in [1.54, 1.807) is 13.2 Å². The third-order valence-corrected chi connectivity index (χ3v) is 4.61. The molecule has 4 nitrogen and oxygen atoms in total. The molecule has 0 spiro atoms. The first-order valence-corrected chi connectivity index (χ1v) is 8.38. The van der Waals surface area contributed by atoms with E-state index in [2.05, 4.69) is 21.9 Å². The molecule has 0 N–H and O–H groups in total. The highest BCUT2D eigenvalue weighted by atomic mass is 35.5. The molecule has 0 aromatic heterocycles. The molecule has 0 saturated carbocycles. The van der Waals surface area contributed by atoms with Gasteiger partial charge < -0.3 is 9.64 Å². The van der Waals surface area contributed by atoms with E-state index in [0.717, 1.165) is 44.2 Å². The summed E-state index contributed by atoms with van der Waals surface area (Å²) < 4.78 is 5.43. The van der Waals surface area contributed by atoms with Crippen LogP contribution in [0, 0.1) is 11.3 Å². The number of methoxy groups -OCH3 is 1. The standard InChI is InChI=1S/C19H20ClN3O/c1-24-19-5-3-2-4-15(19)14-22-8-10-23(11-9-22)18-7-6-17(20)12-16(18)13-21/h2-7,12H,8-11,14H2,1H3. The molecule has 0 amide bonds. The number of nitriles is 1. The lowest BCUT2D eigenvalue weighted by Gasteiger charge is -2.36. The Kier molecular flexibility index (Phi) is 5.24. The Balaban J connectivity index is 1.65. The van der Waals surface area contributed by atoms with Gasteiger partial charge in [0.15, 0.2) is 0 Å². The fourth-order valence-corrected chi connectivity index (χ4v) is 3.27. The van der Waals surface area contributed by atoms with E-state index in [1.165, 1.54) is 5.56 Å². The summed E-state index contributed by atoms with van der Waals surface area (Å²) >= 11 is 5.99. The first-order valence-electron chi connectivity index (χ1n) is 8.00. The Morgan fingerprint density at radius 1 is 1.12 bits per heavy atom. The van der Waals surface area contributed by atoms with Gasteiger partial charge in [0.05, 0.1) is 18.4 Å². The summed E-state index contributed by atoms with van der Waals surface area (Å²) in [6.45, 7) is 4.57. The van der Waals surface area contributed by atoms with E-state index in [4.69, 9.17) is 16.3 Å². The van der Waals surface area contributed by atoms with Crippen LogP contribution in [0.2, 0.25) is 5.02 Å². The maximum Gasteiger partial charge on any atom is 0.123 e. The molecule has 1 saturated heterocycles. The molecule has 5 heteroatoms. The van der Waals surface area contributed by atoms with Crippen LogP contribution in [0.5, 0.6) is 5.75 Å². The van der Waals surface area contributed by atoms with Crippen molar-refractivity contribution in [3.8, 4) is 11.8 Å². The number of para-hydroxylation sites is 1. The largest absolute Gasteiger partial charge is 0.496 e. The molecule has 1 aliphatic rings. The van der Waals surface area contributed by atoms with Crippen molar-refractivity contribution in [2.75, 3.05) is 38.2 Å². The van der Waals surface area contributed by atoms with Gasteiger partial charge in [0.2, 0.25) is 0 Å².